The van der Waals surface area contributed by atoms with E-state index in [0.717, 1.165) is 17.3 Å². The maximum atomic E-state index is 11.3. The van der Waals surface area contributed by atoms with Gasteiger partial charge in [0.2, 0.25) is 5.88 Å². The van der Waals surface area contributed by atoms with E-state index >= 15 is 0 Å². The molecule has 0 aliphatic rings. The SMILES string of the molecule is CC.CC(=O)OC(C)(C)Cn1cnc2ccc(Oc3ccc(C=O)cn3)cc21. The molecule has 3 aromatic rings. The second kappa shape index (κ2) is 9.12. The topological polar surface area (TPSA) is 83.3 Å². The van der Waals surface area contributed by atoms with E-state index in [1.165, 1.54) is 13.1 Å². The quantitative estimate of drug-likeness (QED) is 0.463. The van der Waals surface area contributed by atoms with Gasteiger partial charge in [0.05, 0.1) is 23.9 Å². The van der Waals surface area contributed by atoms with Gasteiger partial charge in [-0.05, 0) is 32.0 Å². The predicted octanol–water partition coefficient (Wildman–Crippen LogP) is 4.40. The molecule has 0 unspecified atom stereocenters. The van der Waals surface area contributed by atoms with E-state index in [0.29, 0.717) is 23.7 Å². The average Bonchev–Trinajstić information content (AvgIpc) is 3.04. The molecule has 0 amide bonds. The Balaban J connectivity index is 0.00000136. The zero-order valence-electron chi connectivity index (χ0n) is 16.8. The molecular weight excluding hydrogens is 358 g/mol. The third kappa shape index (κ3) is 5.39. The second-order valence-electron chi connectivity index (χ2n) is 6.53. The number of rotatable bonds is 6. The van der Waals surface area contributed by atoms with Crippen molar-refractivity contribution in [3.63, 3.8) is 0 Å². The standard InChI is InChI=1S/C19H19N3O4.C2H6/c1-13(24)26-19(2,3)11-22-12-21-16-6-5-15(8-17(16)22)25-18-7-4-14(10-23)9-20-18;1-2/h4-10,12H,11H2,1-3H3;1-2H3. The van der Waals surface area contributed by atoms with Gasteiger partial charge >= 0.3 is 5.97 Å². The van der Waals surface area contributed by atoms with Gasteiger partial charge in [-0.1, -0.05) is 13.8 Å². The normalized spacial score (nSPS) is 10.8. The van der Waals surface area contributed by atoms with Gasteiger partial charge in [0, 0.05) is 30.8 Å². The number of hydrogen-bond donors (Lipinski definition) is 0. The number of carbonyl (C=O) groups excluding carboxylic acids is 2. The molecule has 0 N–H and O–H groups in total. The Morgan fingerprint density at radius 1 is 1.18 bits per heavy atom. The highest BCUT2D eigenvalue weighted by molar-refractivity contribution is 5.77. The molecule has 7 nitrogen and oxygen atoms in total. The van der Waals surface area contributed by atoms with Gasteiger partial charge in [-0.25, -0.2) is 9.97 Å². The lowest BCUT2D eigenvalue weighted by Gasteiger charge is -2.25. The van der Waals surface area contributed by atoms with Gasteiger partial charge in [0.15, 0.2) is 6.29 Å². The lowest BCUT2D eigenvalue weighted by atomic mass is 10.1. The van der Waals surface area contributed by atoms with Crippen LogP contribution >= 0.6 is 0 Å². The van der Waals surface area contributed by atoms with Crippen molar-refractivity contribution in [2.24, 2.45) is 0 Å². The first kappa shape index (κ1) is 21.1. The summed E-state index contributed by atoms with van der Waals surface area (Å²) in [6.45, 7) is 9.54. The van der Waals surface area contributed by atoms with E-state index < -0.39 is 5.60 Å². The van der Waals surface area contributed by atoms with E-state index in [1.807, 2.05) is 44.4 Å². The lowest BCUT2D eigenvalue weighted by Crippen LogP contribution is -2.32. The van der Waals surface area contributed by atoms with Crippen molar-refractivity contribution in [3.8, 4) is 11.6 Å². The molecule has 0 bridgehead atoms. The van der Waals surface area contributed by atoms with E-state index in [1.54, 1.807) is 24.5 Å². The van der Waals surface area contributed by atoms with Crippen molar-refractivity contribution in [2.75, 3.05) is 0 Å². The molecule has 3 rings (SSSR count). The number of esters is 1. The molecule has 0 aliphatic heterocycles. The Bertz CT molecular complexity index is 946. The monoisotopic (exact) mass is 383 g/mol. The fraction of sp³-hybridized carbons (Fsp3) is 0.333. The van der Waals surface area contributed by atoms with E-state index in [-0.39, 0.29) is 5.97 Å². The summed E-state index contributed by atoms with van der Waals surface area (Å²) in [5.74, 6) is 0.658. The van der Waals surface area contributed by atoms with Crippen molar-refractivity contribution in [1.29, 1.82) is 0 Å². The van der Waals surface area contributed by atoms with Crippen LogP contribution in [0.4, 0.5) is 0 Å². The van der Waals surface area contributed by atoms with Crippen LogP contribution in [0.1, 0.15) is 45.0 Å². The van der Waals surface area contributed by atoms with Gasteiger partial charge in [-0.15, -0.1) is 0 Å². The summed E-state index contributed by atoms with van der Waals surface area (Å²) in [5, 5.41) is 0. The Hall–Kier alpha value is -3.22. The highest BCUT2D eigenvalue weighted by Gasteiger charge is 2.23. The van der Waals surface area contributed by atoms with Crippen LogP contribution in [0.25, 0.3) is 11.0 Å². The molecule has 0 saturated carbocycles. The number of pyridine rings is 1. The Kier molecular flexibility index (Phi) is 6.87. The number of hydrogen-bond acceptors (Lipinski definition) is 6. The van der Waals surface area contributed by atoms with Crippen molar-refractivity contribution in [2.45, 2.75) is 46.8 Å². The number of carbonyl (C=O) groups is 2. The van der Waals surface area contributed by atoms with Gasteiger partial charge < -0.3 is 14.0 Å². The summed E-state index contributed by atoms with van der Waals surface area (Å²) in [6.07, 6.45) is 3.88. The smallest absolute Gasteiger partial charge is 0.303 e. The van der Waals surface area contributed by atoms with E-state index in [2.05, 4.69) is 9.97 Å². The van der Waals surface area contributed by atoms with Gasteiger partial charge in [-0.3, -0.25) is 9.59 Å². The van der Waals surface area contributed by atoms with Crippen molar-refractivity contribution >= 4 is 23.3 Å². The fourth-order valence-electron chi connectivity index (χ4n) is 2.70. The summed E-state index contributed by atoms with van der Waals surface area (Å²) < 4.78 is 13.0. The molecular formula is C21H25N3O4. The largest absolute Gasteiger partial charge is 0.458 e. The van der Waals surface area contributed by atoms with Crippen LogP contribution in [-0.2, 0) is 16.1 Å². The summed E-state index contributed by atoms with van der Waals surface area (Å²) >= 11 is 0. The fourth-order valence-corrected chi connectivity index (χ4v) is 2.70. The van der Waals surface area contributed by atoms with Crippen molar-refractivity contribution in [1.82, 2.24) is 14.5 Å². The molecule has 1 aromatic carbocycles. The number of fused-ring (bicyclic) bond motifs is 1. The number of nitrogens with zero attached hydrogens (tertiary/aromatic N) is 3. The van der Waals surface area contributed by atoms with Crippen LogP contribution in [0.2, 0.25) is 0 Å². The van der Waals surface area contributed by atoms with E-state index in [9.17, 15) is 9.59 Å². The molecule has 0 spiro atoms. The Morgan fingerprint density at radius 2 is 1.93 bits per heavy atom. The van der Waals surface area contributed by atoms with Crippen molar-refractivity contribution < 1.29 is 19.1 Å². The average molecular weight is 383 g/mol. The minimum Gasteiger partial charge on any atom is -0.458 e. The number of ether oxygens (including phenoxy) is 2. The first-order valence-electron chi connectivity index (χ1n) is 9.10. The second-order valence-corrected chi connectivity index (χ2v) is 6.53. The predicted molar refractivity (Wildman–Crippen MR) is 107 cm³/mol. The van der Waals surface area contributed by atoms with Crippen LogP contribution in [0.15, 0.2) is 42.9 Å². The molecule has 7 heteroatoms. The lowest BCUT2D eigenvalue weighted by molar-refractivity contribution is -0.154. The number of aromatic nitrogens is 3. The van der Waals surface area contributed by atoms with E-state index in [4.69, 9.17) is 9.47 Å². The van der Waals surface area contributed by atoms with Gasteiger partial charge in [0.1, 0.15) is 11.4 Å². The summed E-state index contributed by atoms with van der Waals surface area (Å²) in [7, 11) is 0. The maximum absolute atomic E-state index is 11.3. The van der Waals surface area contributed by atoms with Crippen LogP contribution < -0.4 is 4.74 Å². The molecule has 28 heavy (non-hydrogen) atoms. The third-order valence-electron chi connectivity index (χ3n) is 3.68. The molecule has 2 heterocycles. The first-order valence-corrected chi connectivity index (χ1v) is 9.10. The van der Waals surface area contributed by atoms with Crippen LogP contribution in [0.5, 0.6) is 11.6 Å². The minimum atomic E-state index is -0.664. The summed E-state index contributed by atoms with van der Waals surface area (Å²) in [4.78, 5) is 30.4. The Labute approximate surface area is 164 Å². The third-order valence-corrected chi connectivity index (χ3v) is 3.68. The van der Waals surface area contributed by atoms with Gasteiger partial charge in [0.25, 0.3) is 0 Å². The minimum absolute atomic E-state index is 0.326. The molecule has 148 valence electrons. The molecule has 0 aliphatic carbocycles. The van der Waals surface area contributed by atoms with Crippen LogP contribution in [-0.4, -0.2) is 32.4 Å². The van der Waals surface area contributed by atoms with Crippen molar-refractivity contribution in [3.05, 3.63) is 48.4 Å². The van der Waals surface area contributed by atoms with Crippen LogP contribution in [0, 0.1) is 0 Å². The zero-order chi connectivity index (χ0) is 20.7. The molecule has 0 radical (unpaired) electrons. The zero-order valence-corrected chi connectivity index (χ0v) is 16.8. The highest BCUT2D eigenvalue weighted by atomic mass is 16.6. The first-order chi connectivity index (χ1) is 13.4. The highest BCUT2D eigenvalue weighted by Crippen LogP contribution is 2.25. The summed E-state index contributed by atoms with van der Waals surface area (Å²) in [6, 6.07) is 8.77. The molecule has 0 saturated heterocycles. The maximum Gasteiger partial charge on any atom is 0.303 e. The molecule has 0 fully saturated rings. The number of aldehydes is 1. The molecule has 0 atom stereocenters. The summed E-state index contributed by atoms with van der Waals surface area (Å²) in [5.41, 5.74) is 1.48. The van der Waals surface area contributed by atoms with Crippen LogP contribution in [0.3, 0.4) is 0 Å². The number of benzene rings is 1. The molecule has 2 aromatic heterocycles. The number of imidazole rings is 1. The van der Waals surface area contributed by atoms with Gasteiger partial charge in [-0.2, -0.15) is 0 Å². The Morgan fingerprint density at radius 3 is 2.54 bits per heavy atom.